The Bertz CT molecular complexity index is 737. The maximum Gasteiger partial charge on any atom is 0.329 e. The van der Waals surface area contributed by atoms with Crippen LogP contribution in [0.2, 0.25) is 0 Å². The molecular formula is C16H15N3O4. The highest BCUT2D eigenvalue weighted by molar-refractivity contribution is 6.09. The van der Waals surface area contributed by atoms with E-state index in [4.69, 9.17) is 10.00 Å². The zero-order valence-corrected chi connectivity index (χ0v) is 12.7. The van der Waals surface area contributed by atoms with Gasteiger partial charge in [0, 0.05) is 6.42 Å². The van der Waals surface area contributed by atoms with Gasteiger partial charge in [-0.05, 0) is 31.5 Å². The number of carbonyl (C=O) groups is 3. The standard InChI is InChI=1S/C16H15N3O4/c1-9-7-12(13(20)23-9)19-14(21)16(2,18-15(19)22)11-5-3-10(8-17)4-6-11/h3-6,9,12H,7H2,1-2H3,(H,18,22)/t9-,12+,16+/m1/s1. The number of rotatable bonds is 2. The highest BCUT2D eigenvalue weighted by Gasteiger charge is 2.54. The van der Waals surface area contributed by atoms with Crippen LogP contribution >= 0.6 is 0 Å². The number of benzene rings is 1. The summed E-state index contributed by atoms with van der Waals surface area (Å²) in [6.45, 7) is 3.30. The van der Waals surface area contributed by atoms with Gasteiger partial charge in [-0.1, -0.05) is 12.1 Å². The van der Waals surface area contributed by atoms with Gasteiger partial charge in [0.1, 0.15) is 17.7 Å². The average Bonchev–Trinajstić information content (AvgIpc) is 2.96. The number of hydrogen-bond donors (Lipinski definition) is 1. The van der Waals surface area contributed by atoms with Crippen LogP contribution in [0.5, 0.6) is 0 Å². The Balaban J connectivity index is 1.93. The maximum absolute atomic E-state index is 12.8. The third kappa shape index (κ3) is 2.23. The van der Waals surface area contributed by atoms with E-state index in [1.807, 2.05) is 6.07 Å². The Morgan fingerprint density at radius 3 is 2.48 bits per heavy atom. The highest BCUT2D eigenvalue weighted by Crippen LogP contribution is 2.33. The summed E-state index contributed by atoms with van der Waals surface area (Å²) in [6, 6.07) is 6.89. The first-order chi connectivity index (χ1) is 10.9. The van der Waals surface area contributed by atoms with E-state index in [2.05, 4.69) is 5.32 Å². The lowest BCUT2D eigenvalue weighted by molar-refractivity contribution is -0.147. The summed E-state index contributed by atoms with van der Waals surface area (Å²) in [5.41, 5.74) is -0.257. The molecular weight excluding hydrogens is 298 g/mol. The lowest BCUT2D eigenvalue weighted by Gasteiger charge is -2.23. The number of nitrogens with zero attached hydrogens (tertiary/aromatic N) is 2. The van der Waals surface area contributed by atoms with Crippen molar-refractivity contribution in [3.05, 3.63) is 35.4 Å². The van der Waals surface area contributed by atoms with Crippen molar-refractivity contribution in [2.24, 2.45) is 0 Å². The van der Waals surface area contributed by atoms with E-state index in [0.717, 1.165) is 4.90 Å². The number of urea groups is 1. The Labute approximate surface area is 132 Å². The molecule has 3 atom stereocenters. The summed E-state index contributed by atoms with van der Waals surface area (Å²) in [4.78, 5) is 37.9. The third-order valence-electron chi connectivity index (χ3n) is 4.27. The number of esters is 1. The molecule has 0 spiro atoms. The molecule has 23 heavy (non-hydrogen) atoms. The normalized spacial score (nSPS) is 30.1. The molecule has 0 aromatic heterocycles. The van der Waals surface area contributed by atoms with Crippen molar-refractivity contribution in [3.63, 3.8) is 0 Å². The van der Waals surface area contributed by atoms with E-state index >= 15 is 0 Å². The van der Waals surface area contributed by atoms with Gasteiger partial charge < -0.3 is 10.1 Å². The molecule has 1 aromatic rings. The molecule has 2 aliphatic rings. The van der Waals surface area contributed by atoms with Crippen molar-refractivity contribution in [2.75, 3.05) is 0 Å². The van der Waals surface area contributed by atoms with Crippen molar-refractivity contribution >= 4 is 17.9 Å². The minimum absolute atomic E-state index is 0.293. The Morgan fingerprint density at radius 2 is 1.96 bits per heavy atom. The van der Waals surface area contributed by atoms with Gasteiger partial charge in [0.05, 0.1) is 11.6 Å². The van der Waals surface area contributed by atoms with Crippen molar-refractivity contribution < 1.29 is 19.1 Å². The molecule has 0 radical (unpaired) electrons. The molecule has 2 saturated heterocycles. The van der Waals surface area contributed by atoms with Gasteiger partial charge in [-0.15, -0.1) is 0 Å². The van der Waals surface area contributed by atoms with Crippen molar-refractivity contribution in [3.8, 4) is 6.07 Å². The summed E-state index contributed by atoms with van der Waals surface area (Å²) in [7, 11) is 0. The molecule has 2 aliphatic heterocycles. The van der Waals surface area contributed by atoms with E-state index in [0.29, 0.717) is 17.5 Å². The van der Waals surface area contributed by atoms with Crippen LogP contribution in [-0.4, -0.2) is 35.0 Å². The van der Waals surface area contributed by atoms with Gasteiger partial charge in [-0.2, -0.15) is 5.26 Å². The number of nitriles is 1. The van der Waals surface area contributed by atoms with Crippen LogP contribution in [-0.2, 0) is 19.9 Å². The second-order valence-corrected chi connectivity index (χ2v) is 5.92. The van der Waals surface area contributed by atoms with Crippen LogP contribution < -0.4 is 5.32 Å². The minimum Gasteiger partial charge on any atom is -0.461 e. The largest absolute Gasteiger partial charge is 0.461 e. The first-order valence-electron chi connectivity index (χ1n) is 7.24. The minimum atomic E-state index is -1.27. The Morgan fingerprint density at radius 1 is 1.30 bits per heavy atom. The van der Waals surface area contributed by atoms with Gasteiger partial charge in [0.15, 0.2) is 0 Å². The molecule has 118 valence electrons. The van der Waals surface area contributed by atoms with Gasteiger partial charge in [-0.25, -0.2) is 14.5 Å². The quantitative estimate of drug-likeness (QED) is 0.649. The summed E-state index contributed by atoms with van der Waals surface area (Å²) in [5, 5.41) is 11.5. The molecule has 2 heterocycles. The number of hydrogen-bond acceptors (Lipinski definition) is 5. The topological polar surface area (TPSA) is 99.5 Å². The lowest BCUT2D eigenvalue weighted by Crippen LogP contribution is -2.45. The van der Waals surface area contributed by atoms with Gasteiger partial charge in [0.2, 0.25) is 0 Å². The average molecular weight is 313 g/mol. The van der Waals surface area contributed by atoms with E-state index in [1.54, 1.807) is 38.1 Å². The molecule has 7 heteroatoms. The molecule has 0 unspecified atom stereocenters. The summed E-state index contributed by atoms with van der Waals surface area (Å²) in [5.74, 6) is -1.06. The Hall–Kier alpha value is -2.88. The zero-order valence-electron chi connectivity index (χ0n) is 12.7. The monoisotopic (exact) mass is 313 g/mol. The second kappa shape index (κ2) is 5.09. The first kappa shape index (κ1) is 15.0. The Kier molecular flexibility index (Phi) is 3.33. The summed E-state index contributed by atoms with van der Waals surface area (Å²) in [6.07, 6.45) is -0.0311. The molecule has 7 nitrogen and oxygen atoms in total. The van der Waals surface area contributed by atoms with Crippen LogP contribution in [0.3, 0.4) is 0 Å². The van der Waals surface area contributed by atoms with Gasteiger partial charge in [0.25, 0.3) is 5.91 Å². The highest BCUT2D eigenvalue weighted by atomic mass is 16.6. The molecule has 0 bridgehead atoms. The van der Waals surface area contributed by atoms with Gasteiger partial charge in [-0.3, -0.25) is 4.79 Å². The van der Waals surface area contributed by atoms with E-state index in [1.165, 1.54) is 0 Å². The smallest absolute Gasteiger partial charge is 0.329 e. The van der Waals surface area contributed by atoms with E-state index in [9.17, 15) is 14.4 Å². The predicted molar refractivity (Wildman–Crippen MR) is 77.8 cm³/mol. The fourth-order valence-electron chi connectivity index (χ4n) is 2.96. The molecule has 0 saturated carbocycles. The fraction of sp³-hybridized carbons (Fsp3) is 0.375. The summed E-state index contributed by atoms with van der Waals surface area (Å²) >= 11 is 0. The van der Waals surface area contributed by atoms with Crippen LogP contribution in [0, 0.1) is 11.3 Å². The molecule has 1 N–H and O–H groups in total. The second-order valence-electron chi connectivity index (χ2n) is 5.92. The van der Waals surface area contributed by atoms with Crippen molar-refractivity contribution in [1.29, 1.82) is 5.26 Å². The van der Waals surface area contributed by atoms with Crippen molar-refractivity contribution in [1.82, 2.24) is 10.2 Å². The predicted octanol–water partition coefficient (Wildman–Crippen LogP) is 1.03. The number of carbonyl (C=O) groups excluding carboxylic acids is 3. The number of nitrogens with one attached hydrogen (secondary N) is 1. The molecule has 3 rings (SSSR count). The van der Waals surface area contributed by atoms with E-state index in [-0.39, 0.29) is 6.10 Å². The maximum atomic E-state index is 12.8. The van der Waals surface area contributed by atoms with Crippen LogP contribution in [0.4, 0.5) is 4.79 Å². The van der Waals surface area contributed by atoms with Crippen molar-refractivity contribution in [2.45, 2.75) is 38.0 Å². The summed E-state index contributed by atoms with van der Waals surface area (Å²) < 4.78 is 5.04. The molecule has 2 fully saturated rings. The van der Waals surface area contributed by atoms with Crippen LogP contribution in [0.15, 0.2) is 24.3 Å². The first-order valence-corrected chi connectivity index (χ1v) is 7.24. The number of amides is 3. The number of ether oxygens (including phenoxy) is 1. The van der Waals surface area contributed by atoms with Gasteiger partial charge >= 0.3 is 12.0 Å². The SMILES string of the molecule is C[C@@H]1C[C@H](N2C(=O)N[C@@](C)(c3ccc(C#N)cc3)C2=O)C(=O)O1. The molecule has 0 aliphatic carbocycles. The molecule has 1 aromatic carbocycles. The number of imide groups is 1. The van der Waals surface area contributed by atoms with E-state index < -0.39 is 29.5 Å². The van der Waals surface area contributed by atoms with Crippen LogP contribution in [0.1, 0.15) is 31.4 Å². The fourth-order valence-corrected chi connectivity index (χ4v) is 2.96. The number of cyclic esters (lactones) is 1. The van der Waals surface area contributed by atoms with Crippen LogP contribution in [0.25, 0.3) is 0 Å². The molecule has 3 amide bonds. The third-order valence-corrected chi connectivity index (χ3v) is 4.27. The lowest BCUT2D eigenvalue weighted by atomic mass is 9.91. The zero-order chi connectivity index (χ0) is 16.8.